The van der Waals surface area contributed by atoms with E-state index in [9.17, 15) is 9.59 Å². The number of morpholine rings is 1. The van der Waals surface area contributed by atoms with Gasteiger partial charge in [0.1, 0.15) is 24.2 Å². The van der Waals surface area contributed by atoms with Crippen LogP contribution in [0.2, 0.25) is 0 Å². The minimum Gasteiger partial charge on any atom is -0.444 e. The lowest BCUT2D eigenvalue weighted by atomic mass is 9.77. The molecule has 0 bridgehead atoms. The Balaban J connectivity index is 1.23. The number of ether oxygens (including phenoxy) is 3. The number of hydrogen-bond donors (Lipinski definition) is 2. The van der Waals surface area contributed by atoms with Gasteiger partial charge in [0.25, 0.3) is 0 Å². The van der Waals surface area contributed by atoms with Gasteiger partial charge in [0, 0.05) is 47.9 Å². The van der Waals surface area contributed by atoms with Crippen molar-refractivity contribution in [1.29, 1.82) is 0 Å². The molecule has 0 radical (unpaired) electrons. The fourth-order valence-electron chi connectivity index (χ4n) is 7.35. The van der Waals surface area contributed by atoms with Gasteiger partial charge in [-0.15, -0.1) is 0 Å². The molecule has 2 N–H and O–H groups in total. The summed E-state index contributed by atoms with van der Waals surface area (Å²) in [6.07, 6.45) is 10.6. The Bertz CT molecular complexity index is 1960. The smallest absolute Gasteiger partial charge is 0.408 e. The van der Waals surface area contributed by atoms with E-state index in [1.807, 2.05) is 68.9 Å². The molecule has 2 amide bonds. The lowest BCUT2D eigenvalue weighted by Gasteiger charge is -2.33. The van der Waals surface area contributed by atoms with Gasteiger partial charge < -0.3 is 29.7 Å². The van der Waals surface area contributed by atoms with Gasteiger partial charge in [-0.1, -0.05) is 30.3 Å². The van der Waals surface area contributed by atoms with Gasteiger partial charge in [-0.2, -0.15) is 5.10 Å². The van der Waals surface area contributed by atoms with Crippen LogP contribution in [0, 0.1) is 13.8 Å². The summed E-state index contributed by atoms with van der Waals surface area (Å²) >= 11 is 0. The van der Waals surface area contributed by atoms with Crippen LogP contribution in [0.5, 0.6) is 0 Å². The van der Waals surface area contributed by atoms with E-state index >= 15 is 0 Å². The van der Waals surface area contributed by atoms with Crippen molar-refractivity contribution in [2.75, 3.05) is 67.6 Å². The van der Waals surface area contributed by atoms with Crippen molar-refractivity contribution >= 4 is 33.5 Å². The molecule has 2 aromatic heterocycles. The summed E-state index contributed by atoms with van der Waals surface area (Å²) in [6, 6.07) is 17.6. The van der Waals surface area contributed by atoms with Gasteiger partial charge in [0.15, 0.2) is 0 Å². The molecular formula is C43H58N6O5S. The molecule has 11 nitrogen and oxygen atoms in total. The van der Waals surface area contributed by atoms with Crippen LogP contribution in [0.15, 0.2) is 60.8 Å². The summed E-state index contributed by atoms with van der Waals surface area (Å²) in [5.74, 6) is 1.41. The number of hydrogen-bond acceptors (Lipinski definition) is 8. The van der Waals surface area contributed by atoms with Crippen LogP contribution in [-0.2, 0) is 32.2 Å². The largest absolute Gasteiger partial charge is 0.444 e. The van der Waals surface area contributed by atoms with Gasteiger partial charge >= 0.3 is 6.09 Å². The third-order valence-electron chi connectivity index (χ3n) is 10.2. The van der Waals surface area contributed by atoms with E-state index < -0.39 is 27.8 Å². The number of carbonyl (C=O) groups is 2. The first-order valence-electron chi connectivity index (χ1n) is 19.3. The van der Waals surface area contributed by atoms with Crippen LogP contribution in [0.3, 0.4) is 0 Å². The van der Waals surface area contributed by atoms with Crippen molar-refractivity contribution in [2.24, 2.45) is 0 Å². The number of benzene rings is 2. The Kier molecular flexibility index (Phi) is 12.6. The normalized spacial score (nSPS) is 16.9. The molecule has 1 aliphatic carbocycles. The summed E-state index contributed by atoms with van der Waals surface area (Å²) in [5.41, 5.74) is 8.25. The van der Waals surface area contributed by atoms with Crippen molar-refractivity contribution in [2.45, 2.75) is 78.2 Å². The van der Waals surface area contributed by atoms with E-state index in [4.69, 9.17) is 19.3 Å². The fourth-order valence-corrected chi connectivity index (χ4v) is 7.97. The number of nitrogens with one attached hydrogen (secondary N) is 2. The topological polar surface area (TPSA) is 120 Å². The first kappa shape index (κ1) is 40.3. The first-order valence-corrected chi connectivity index (χ1v) is 22.3. The highest BCUT2D eigenvalue weighted by Crippen LogP contribution is 2.38. The van der Waals surface area contributed by atoms with Crippen LogP contribution in [-0.4, -0.2) is 95.8 Å². The van der Waals surface area contributed by atoms with E-state index in [1.54, 1.807) is 0 Å². The predicted octanol–water partition coefficient (Wildman–Crippen LogP) is 7.69. The molecule has 2 atom stereocenters. The third kappa shape index (κ3) is 10.5. The number of aromatic nitrogens is 3. The number of alkyl carbamates (subject to hydrolysis) is 1. The first-order chi connectivity index (χ1) is 26.1. The zero-order valence-electron chi connectivity index (χ0n) is 33.7. The molecule has 1 saturated heterocycles. The van der Waals surface area contributed by atoms with Crippen LogP contribution in [0.25, 0.3) is 22.3 Å². The number of anilines is 2. The van der Waals surface area contributed by atoms with E-state index in [1.165, 1.54) is 5.56 Å². The number of carbonyl (C=O) groups excluding carboxylic acids is 2. The van der Waals surface area contributed by atoms with E-state index in [0.717, 1.165) is 83.1 Å². The van der Waals surface area contributed by atoms with Gasteiger partial charge in [-0.3, -0.25) is 4.79 Å². The molecule has 12 heteroatoms. The Morgan fingerprint density at radius 2 is 1.69 bits per heavy atom. The second-order valence-electron chi connectivity index (χ2n) is 16.5. The van der Waals surface area contributed by atoms with E-state index in [2.05, 4.69) is 70.5 Å². The molecule has 0 unspecified atom stereocenters. The fraction of sp³-hybridized carbons (Fsp3) is 0.488. The summed E-state index contributed by atoms with van der Waals surface area (Å²) < 4.78 is 19.1. The number of pyridine rings is 1. The van der Waals surface area contributed by atoms with Crippen LogP contribution >= 0.6 is 10.0 Å². The molecule has 1 fully saturated rings. The highest BCUT2D eigenvalue weighted by atomic mass is 32.3. The summed E-state index contributed by atoms with van der Waals surface area (Å²) in [7, 11) is -0.621. The molecule has 2 aromatic carbocycles. The zero-order chi connectivity index (χ0) is 39.3. The lowest BCUT2D eigenvalue weighted by Crippen LogP contribution is -2.49. The molecule has 4 aromatic rings. The van der Waals surface area contributed by atoms with Gasteiger partial charge in [0.05, 0.1) is 25.5 Å². The summed E-state index contributed by atoms with van der Waals surface area (Å²) in [4.78, 5) is 34.5. The van der Waals surface area contributed by atoms with E-state index in [-0.39, 0.29) is 11.8 Å². The molecule has 6 rings (SSSR count). The molecular weight excluding hydrogens is 713 g/mol. The summed E-state index contributed by atoms with van der Waals surface area (Å²) in [6.45, 7) is 13.6. The second kappa shape index (κ2) is 17.2. The van der Waals surface area contributed by atoms with Crippen molar-refractivity contribution in [3.8, 4) is 22.3 Å². The molecule has 0 saturated carbocycles. The average molecular weight is 771 g/mol. The molecule has 2 aliphatic rings. The Morgan fingerprint density at radius 3 is 2.40 bits per heavy atom. The SMILES string of the molecule is Cc1nn(COCCS(C)(C)C)c(C)c1-c1ccc(NC(=O)[C@@H](NC(=O)OC(C)(C)C)[C@@H]2CCCc3ccc(-c4ccnc(N5CCOCC5)c4)cc32)cc1. The maximum Gasteiger partial charge on any atom is 0.408 e. The number of rotatable bonds is 12. The minimum atomic E-state index is -0.868. The molecule has 1 aliphatic heterocycles. The minimum absolute atomic E-state index is 0.265. The van der Waals surface area contributed by atoms with Crippen molar-refractivity contribution in [1.82, 2.24) is 20.1 Å². The standard InChI is InChI=1S/C43H58N6O5S/c1-29-39(30(2)49(47-29)28-53-24-25-55(6,7)8)32-14-16-35(17-15-32)45-41(50)40(46-42(51)54-43(3,4)5)36-11-9-10-31-12-13-33(26-37(31)36)34-18-19-44-38(27-34)48-20-22-52-23-21-48/h12-19,26-27,36,40H,9-11,20-25,28H2,1-8H3,(H,45,50)(H,46,51)/t36-,40+/m1/s1. The second-order valence-corrected chi connectivity index (χ2v) is 21.1. The third-order valence-corrected chi connectivity index (χ3v) is 11.5. The Labute approximate surface area is 327 Å². The van der Waals surface area contributed by atoms with Crippen molar-refractivity contribution in [3.63, 3.8) is 0 Å². The highest BCUT2D eigenvalue weighted by molar-refractivity contribution is 8.32. The van der Waals surface area contributed by atoms with Gasteiger partial charge in [-0.05, 0) is 125 Å². The Hall–Kier alpha value is -4.39. The van der Waals surface area contributed by atoms with Crippen LogP contribution < -0.4 is 15.5 Å². The predicted molar refractivity (Wildman–Crippen MR) is 223 cm³/mol. The molecule has 55 heavy (non-hydrogen) atoms. The number of nitrogens with zero attached hydrogens (tertiary/aromatic N) is 4. The lowest BCUT2D eigenvalue weighted by molar-refractivity contribution is -0.118. The van der Waals surface area contributed by atoms with Crippen LogP contribution in [0.1, 0.15) is 62.0 Å². The van der Waals surface area contributed by atoms with Gasteiger partial charge in [0.2, 0.25) is 5.91 Å². The van der Waals surface area contributed by atoms with Crippen LogP contribution in [0.4, 0.5) is 16.3 Å². The van der Waals surface area contributed by atoms with Gasteiger partial charge in [-0.25, -0.2) is 24.5 Å². The Morgan fingerprint density at radius 1 is 0.982 bits per heavy atom. The number of amides is 2. The maximum atomic E-state index is 14.3. The number of aryl methyl sites for hydroxylation is 2. The molecule has 3 heterocycles. The highest BCUT2D eigenvalue weighted by Gasteiger charge is 2.36. The summed E-state index contributed by atoms with van der Waals surface area (Å²) in [5, 5.41) is 10.8. The number of fused-ring (bicyclic) bond motifs is 1. The molecule has 296 valence electrons. The zero-order valence-corrected chi connectivity index (χ0v) is 34.6. The molecule has 0 spiro atoms. The maximum absolute atomic E-state index is 14.3. The average Bonchev–Trinajstić information content (AvgIpc) is 3.43. The van der Waals surface area contributed by atoms with E-state index in [0.29, 0.717) is 32.2 Å². The van der Waals surface area contributed by atoms with Crippen molar-refractivity contribution < 1.29 is 23.8 Å². The quantitative estimate of drug-likeness (QED) is 0.141. The monoisotopic (exact) mass is 770 g/mol. The van der Waals surface area contributed by atoms with Crippen molar-refractivity contribution in [3.05, 3.63) is 83.3 Å².